The second-order valence-electron chi connectivity index (χ2n) is 4.29. The van der Waals surface area contributed by atoms with E-state index in [1.807, 2.05) is 0 Å². The second-order valence-corrected chi connectivity index (χ2v) is 4.29. The molecule has 0 heterocycles. The van der Waals surface area contributed by atoms with Gasteiger partial charge < -0.3 is 0 Å². The first-order valence-electron chi connectivity index (χ1n) is 5.56. The van der Waals surface area contributed by atoms with E-state index in [1.165, 1.54) is 6.42 Å². The van der Waals surface area contributed by atoms with Crippen LogP contribution >= 0.6 is 0 Å². The zero-order chi connectivity index (χ0) is 11.0. The van der Waals surface area contributed by atoms with Crippen molar-refractivity contribution in [3.05, 3.63) is 24.6 Å². The molecule has 0 N–H and O–H groups in total. The summed E-state index contributed by atoms with van der Waals surface area (Å²) in [7, 11) is 0. The van der Waals surface area contributed by atoms with Gasteiger partial charge >= 0.3 is 0 Å². The Balaban J connectivity index is 3.74. The van der Waals surface area contributed by atoms with E-state index in [-0.39, 0.29) is 5.83 Å². The van der Waals surface area contributed by atoms with Gasteiger partial charge in [-0.3, -0.25) is 0 Å². The Morgan fingerprint density at radius 2 is 2.07 bits per heavy atom. The average molecular weight is 198 g/mol. The Hall–Kier alpha value is -0.590. The molecule has 0 fully saturated rings. The first kappa shape index (κ1) is 13.4. The van der Waals surface area contributed by atoms with Gasteiger partial charge in [-0.15, -0.1) is 0 Å². The molecule has 1 unspecified atom stereocenters. The van der Waals surface area contributed by atoms with Crippen molar-refractivity contribution < 1.29 is 4.39 Å². The van der Waals surface area contributed by atoms with E-state index in [2.05, 4.69) is 39.5 Å². The van der Waals surface area contributed by atoms with Gasteiger partial charge in [0.05, 0.1) is 5.83 Å². The van der Waals surface area contributed by atoms with Crippen LogP contribution in [0.2, 0.25) is 0 Å². The highest BCUT2D eigenvalue weighted by Gasteiger charge is 2.03. The number of rotatable bonds is 7. The van der Waals surface area contributed by atoms with Gasteiger partial charge in [-0.05, 0) is 31.1 Å². The van der Waals surface area contributed by atoms with Crippen LogP contribution in [-0.2, 0) is 0 Å². The number of hydrogen-bond donors (Lipinski definition) is 0. The lowest BCUT2D eigenvalue weighted by molar-refractivity contribution is 0.512. The fourth-order valence-electron chi connectivity index (χ4n) is 1.35. The molecular weight excluding hydrogens is 175 g/mol. The maximum absolute atomic E-state index is 12.5. The summed E-state index contributed by atoms with van der Waals surface area (Å²) in [6.07, 6.45) is 8.09. The monoisotopic (exact) mass is 198 g/mol. The number of halogens is 1. The van der Waals surface area contributed by atoms with E-state index in [1.54, 1.807) is 0 Å². The van der Waals surface area contributed by atoms with Crippen molar-refractivity contribution in [3.8, 4) is 0 Å². The summed E-state index contributed by atoms with van der Waals surface area (Å²) in [5.41, 5.74) is 0. The zero-order valence-electron chi connectivity index (χ0n) is 9.72. The maximum Gasteiger partial charge on any atom is 0.0933 e. The van der Waals surface area contributed by atoms with Gasteiger partial charge in [0.25, 0.3) is 0 Å². The fourth-order valence-corrected chi connectivity index (χ4v) is 1.35. The summed E-state index contributed by atoms with van der Waals surface area (Å²) in [5, 5.41) is 0. The third kappa shape index (κ3) is 8.03. The predicted molar refractivity (Wildman–Crippen MR) is 61.9 cm³/mol. The molecule has 0 nitrogen and oxygen atoms in total. The summed E-state index contributed by atoms with van der Waals surface area (Å²) < 4.78 is 12.5. The zero-order valence-corrected chi connectivity index (χ0v) is 9.72. The Morgan fingerprint density at radius 3 is 2.50 bits per heavy atom. The molecule has 1 atom stereocenters. The van der Waals surface area contributed by atoms with Crippen molar-refractivity contribution in [2.45, 2.75) is 46.5 Å². The topological polar surface area (TPSA) is 0 Å². The van der Waals surface area contributed by atoms with Crippen LogP contribution in [0.3, 0.4) is 0 Å². The van der Waals surface area contributed by atoms with Gasteiger partial charge in [-0.2, -0.15) is 0 Å². The number of allylic oxidation sites excluding steroid dienone is 3. The highest BCUT2D eigenvalue weighted by atomic mass is 19.1. The third-order valence-electron chi connectivity index (χ3n) is 2.33. The smallest absolute Gasteiger partial charge is 0.0933 e. The van der Waals surface area contributed by atoms with E-state index in [0.717, 1.165) is 18.8 Å². The summed E-state index contributed by atoms with van der Waals surface area (Å²) in [6.45, 7) is 9.82. The first-order valence-corrected chi connectivity index (χ1v) is 5.56. The van der Waals surface area contributed by atoms with Crippen LogP contribution in [0.1, 0.15) is 46.5 Å². The van der Waals surface area contributed by atoms with Crippen molar-refractivity contribution in [3.63, 3.8) is 0 Å². The standard InChI is InChI=1S/C13H23F/c1-5-13(10-12(4)14)9-7-6-8-11(2)3/h7,9,11,13H,4-6,8,10H2,1-3H3/b9-7+. The van der Waals surface area contributed by atoms with E-state index < -0.39 is 0 Å². The van der Waals surface area contributed by atoms with E-state index in [4.69, 9.17) is 0 Å². The third-order valence-corrected chi connectivity index (χ3v) is 2.33. The van der Waals surface area contributed by atoms with Crippen molar-refractivity contribution in [1.82, 2.24) is 0 Å². The molecular formula is C13H23F. The van der Waals surface area contributed by atoms with Gasteiger partial charge in [0.2, 0.25) is 0 Å². The highest BCUT2D eigenvalue weighted by Crippen LogP contribution is 2.17. The minimum atomic E-state index is -0.203. The van der Waals surface area contributed by atoms with Gasteiger partial charge in [0.1, 0.15) is 0 Å². The van der Waals surface area contributed by atoms with E-state index in [9.17, 15) is 4.39 Å². The lowest BCUT2D eigenvalue weighted by Gasteiger charge is -2.07. The average Bonchev–Trinajstić information content (AvgIpc) is 2.09. The van der Waals surface area contributed by atoms with Crippen LogP contribution in [0.25, 0.3) is 0 Å². The van der Waals surface area contributed by atoms with Gasteiger partial charge in [-0.25, -0.2) is 4.39 Å². The van der Waals surface area contributed by atoms with E-state index in [0.29, 0.717) is 12.3 Å². The van der Waals surface area contributed by atoms with Crippen LogP contribution in [0.4, 0.5) is 4.39 Å². The molecule has 0 aromatic carbocycles. The molecule has 0 spiro atoms. The number of hydrogen-bond acceptors (Lipinski definition) is 0. The van der Waals surface area contributed by atoms with Crippen LogP contribution in [-0.4, -0.2) is 0 Å². The molecule has 0 aliphatic heterocycles. The molecule has 0 aromatic heterocycles. The Kier molecular flexibility index (Phi) is 7.45. The molecule has 82 valence electrons. The Labute approximate surface area is 87.9 Å². The quantitative estimate of drug-likeness (QED) is 0.511. The molecule has 0 aromatic rings. The van der Waals surface area contributed by atoms with Gasteiger partial charge in [-0.1, -0.05) is 39.5 Å². The molecule has 0 saturated heterocycles. The van der Waals surface area contributed by atoms with Crippen LogP contribution in [0.15, 0.2) is 24.6 Å². The molecule has 0 aliphatic carbocycles. The van der Waals surface area contributed by atoms with Crippen molar-refractivity contribution in [2.24, 2.45) is 11.8 Å². The molecule has 0 bridgehead atoms. The lowest BCUT2D eigenvalue weighted by atomic mass is 10.00. The van der Waals surface area contributed by atoms with Crippen LogP contribution < -0.4 is 0 Å². The minimum absolute atomic E-state index is 0.203. The summed E-state index contributed by atoms with van der Waals surface area (Å²) in [4.78, 5) is 0. The molecule has 0 radical (unpaired) electrons. The Morgan fingerprint density at radius 1 is 1.43 bits per heavy atom. The predicted octanol–water partition coefficient (Wildman–Crippen LogP) is 4.88. The van der Waals surface area contributed by atoms with Gasteiger partial charge in [0.15, 0.2) is 0 Å². The molecule has 1 heteroatoms. The summed E-state index contributed by atoms with van der Waals surface area (Å²) in [6, 6.07) is 0. The first-order chi connectivity index (χ1) is 6.56. The normalized spacial score (nSPS) is 13.8. The fraction of sp³-hybridized carbons (Fsp3) is 0.692. The second kappa shape index (κ2) is 7.78. The molecule has 0 saturated carbocycles. The van der Waals surface area contributed by atoms with Gasteiger partial charge in [0, 0.05) is 6.42 Å². The molecule has 0 aliphatic rings. The maximum atomic E-state index is 12.5. The summed E-state index contributed by atoms with van der Waals surface area (Å²) in [5.74, 6) is 0.876. The van der Waals surface area contributed by atoms with Crippen molar-refractivity contribution >= 4 is 0 Å². The van der Waals surface area contributed by atoms with Crippen LogP contribution in [0.5, 0.6) is 0 Å². The summed E-state index contributed by atoms with van der Waals surface area (Å²) >= 11 is 0. The van der Waals surface area contributed by atoms with E-state index >= 15 is 0 Å². The lowest BCUT2D eigenvalue weighted by Crippen LogP contribution is -1.94. The minimum Gasteiger partial charge on any atom is -0.212 e. The molecule has 14 heavy (non-hydrogen) atoms. The van der Waals surface area contributed by atoms with Crippen molar-refractivity contribution in [2.75, 3.05) is 0 Å². The largest absolute Gasteiger partial charge is 0.212 e. The SMILES string of the molecule is C=C(F)CC(/C=C/CCC(C)C)CC. The Bertz CT molecular complexity index is 180. The van der Waals surface area contributed by atoms with Crippen molar-refractivity contribution in [1.29, 1.82) is 0 Å². The highest BCUT2D eigenvalue weighted by molar-refractivity contribution is 4.94. The molecule has 0 rings (SSSR count). The molecule has 0 amide bonds. The van der Waals surface area contributed by atoms with Crippen LogP contribution in [0, 0.1) is 11.8 Å².